The van der Waals surface area contributed by atoms with Crippen molar-refractivity contribution in [3.05, 3.63) is 12.7 Å². The largest absolute Gasteiger partial charge is 0.393 e. The van der Waals surface area contributed by atoms with Crippen LogP contribution in [0.3, 0.4) is 0 Å². The second-order valence-electron chi connectivity index (χ2n) is 9.67. The predicted molar refractivity (Wildman–Crippen MR) is 92.5 cm³/mol. The van der Waals surface area contributed by atoms with E-state index in [-0.39, 0.29) is 30.0 Å². The highest BCUT2D eigenvalue weighted by molar-refractivity contribution is 5.92. The van der Waals surface area contributed by atoms with Crippen LogP contribution < -0.4 is 0 Å². The quantitative estimate of drug-likeness (QED) is 0.722. The lowest BCUT2D eigenvalue weighted by atomic mass is 9.41. The van der Waals surface area contributed by atoms with E-state index in [2.05, 4.69) is 20.4 Å². The monoisotopic (exact) mass is 336 g/mol. The second-order valence-corrected chi connectivity index (χ2v) is 9.67. The molecule has 1 saturated heterocycles. The highest BCUT2D eigenvalue weighted by Crippen LogP contribution is 2.66. The number of hydrogen-bond donors (Lipinski definition) is 2. The van der Waals surface area contributed by atoms with Crippen molar-refractivity contribution < 1.29 is 19.7 Å². The van der Waals surface area contributed by atoms with Crippen LogP contribution in [0, 0.1) is 16.7 Å². The Morgan fingerprint density at radius 1 is 1.21 bits per heavy atom. The number of aliphatic hydroxyl groups is 2. The van der Waals surface area contributed by atoms with E-state index >= 15 is 0 Å². The summed E-state index contributed by atoms with van der Waals surface area (Å²) in [5, 5.41) is 22.9. The molecule has 0 bridgehead atoms. The van der Waals surface area contributed by atoms with E-state index in [1.54, 1.807) is 13.0 Å². The standard InChI is InChI=1S/C20H32O4/c1-7-17(4)12-14(22)20(23)18(5)10-8-9-16(2,3)15(18)13(21)11-19(20,6)24-17/h7,13,15,21,23H,1,8-12H2,2-6H3. The molecule has 2 aliphatic carbocycles. The van der Waals surface area contributed by atoms with Crippen LogP contribution in [0.4, 0.5) is 0 Å². The number of fused-ring (bicyclic) bond motifs is 3. The van der Waals surface area contributed by atoms with Gasteiger partial charge in [-0.05, 0) is 38.0 Å². The third-order valence-electron chi connectivity index (χ3n) is 7.43. The second kappa shape index (κ2) is 4.93. The molecule has 1 aliphatic heterocycles. The lowest BCUT2D eigenvalue weighted by Gasteiger charge is -2.68. The summed E-state index contributed by atoms with van der Waals surface area (Å²) in [5.74, 6) is -0.298. The summed E-state index contributed by atoms with van der Waals surface area (Å²) in [6.07, 6.45) is 4.10. The van der Waals surface area contributed by atoms with Crippen molar-refractivity contribution in [3.8, 4) is 0 Å². The third-order valence-corrected chi connectivity index (χ3v) is 7.43. The summed E-state index contributed by atoms with van der Waals surface area (Å²) >= 11 is 0. The van der Waals surface area contributed by atoms with Gasteiger partial charge in [-0.2, -0.15) is 0 Å². The maximum absolute atomic E-state index is 13.2. The van der Waals surface area contributed by atoms with E-state index < -0.39 is 28.3 Å². The summed E-state index contributed by atoms with van der Waals surface area (Å²) in [6, 6.07) is 0. The SMILES string of the molecule is C=CC1(C)CC(=O)C2(O)C(C)(CC(O)C3C(C)(C)CCCC32C)O1. The summed E-state index contributed by atoms with van der Waals surface area (Å²) in [5.41, 5.74) is -4.30. The van der Waals surface area contributed by atoms with E-state index in [0.29, 0.717) is 0 Å². The minimum Gasteiger partial charge on any atom is -0.393 e. The van der Waals surface area contributed by atoms with E-state index in [0.717, 1.165) is 19.3 Å². The predicted octanol–water partition coefficient (Wildman–Crippen LogP) is 3.01. The summed E-state index contributed by atoms with van der Waals surface area (Å²) in [7, 11) is 0. The maximum atomic E-state index is 13.2. The highest BCUT2D eigenvalue weighted by Gasteiger charge is 2.75. The molecule has 6 atom stereocenters. The van der Waals surface area contributed by atoms with Crippen LogP contribution in [0.1, 0.15) is 66.7 Å². The number of carbonyl (C=O) groups excluding carboxylic acids is 1. The summed E-state index contributed by atoms with van der Waals surface area (Å²) < 4.78 is 6.29. The molecule has 24 heavy (non-hydrogen) atoms. The van der Waals surface area contributed by atoms with Crippen LogP contribution in [-0.4, -0.2) is 38.9 Å². The fourth-order valence-corrected chi connectivity index (χ4v) is 6.54. The number of ketones is 1. The Hall–Kier alpha value is -0.710. The van der Waals surface area contributed by atoms with Crippen molar-refractivity contribution in [3.63, 3.8) is 0 Å². The van der Waals surface area contributed by atoms with Crippen molar-refractivity contribution >= 4 is 5.78 Å². The molecule has 3 rings (SSSR count). The van der Waals surface area contributed by atoms with Gasteiger partial charge < -0.3 is 14.9 Å². The Labute approximate surface area is 145 Å². The smallest absolute Gasteiger partial charge is 0.171 e. The minimum atomic E-state index is -1.58. The van der Waals surface area contributed by atoms with Crippen molar-refractivity contribution in [1.82, 2.24) is 0 Å². The molecule has 2 N–H and O–H groups in total. The first-order chi connectivity index (χ1) is 10.9. The van der Waals surface area contributed by atoms with E-state index in [9.17, 15) is 15.0 Å². The Balaban J connectivity index is 2.18. The minimum absolute atomic E-state index is 0.122. The zero-order valence-electron chi connectivity index (χ0n) is 15.7. The van der Waals surface area contributed by atoms with Gasteiger partial charge in [0.05, 0.1) is 11.7 Å². The van der Waals surface area contributed by atoms with Crippen molar-refractivity contribution in [1.29, 1.82) is 0 Å². The first-order valence-corrected chi connectivity index (χ1v) is 9.13. The zero-order valence-corrected chi connectivity index (χ0v) is 15.7. The van der Waals surface area contributed by atoms with Gasteiger partial charge in [-0.3, -0.25) is 4.79 Å². The van der Waals surface area contributed by atoms with Gasteiger partial charge in [-0.15, -0.1) is 6.58 Å². The fourth-order valence-electron chi connectivity index (χ4n) is 6.54. The molecule has 0 amide bonds. The molecule has 136 valence electrons. The Morgan fingerprint density at radius 2 is 1.83 bits per heavy atom. The molecular formula is C20H32O4. The Bertz CT molecular complexity index is 584. The molecule has 0 aromatic heterocycles. The number of ether oxygens (including phenoxy) is 1. The van der Waals surface area contributed by atoms with Gasteiger partial charge in [0.2, 0.25) is 0 Å². The van der Waals surface area contributed by atoms with Crippen molar-refractivity contribution in [2.45, 2.75) is 89.6 Å². The van der Waals surface area contributed by atoms with Crippen molar-refractivity contribution in [2.75, 3.05) is 0 Å². The number of aliphatic hydroxyl groups excluding tert-OH is 1. The van der Waals surface area contributed by atoms with Gasteiger partial charge in [0.25, 0.3) is 0 Å². The molecule has 1 heterocycles. The van der Waals surface area contributed by atoms with Crippen LogP contribution in [-0.2, 0) is 9.53 Å². The van der Waals surface area contributed by atoms with E-state index in [4.69, 9.17) is 4.74 Å². The lowest BCUT2D eigenvalue weighted by molar-refractivity contribution is -0.324. The maximum Gasteiger partial charge on any atom is 0.171 e. The molecule has 4 heteroatoms. The molecule has 2 saturated carbocycles. The molecule has 4 nitrogen and oxygen atoms in total. The lowest BCUT2D eigenvalue weighted by Crippen LogP contribution is -2.79. The summed E-state index contributed by atoms with van der Waals surface area (Å²) in [6.45, 7) is 13.7. The van der Waals surface area contributed by atoms with Crippen LogP contribution in [0.25, 0.3) is 0 Å². The number of Topliss-reactive ketones (excluding diaryl/α,β-unsaturated/α-hetero) is 1. The molecule has 3 aliphatic rings. The molecule has 0 aromatic carbocycles. The van der Waals surface area contributed by atoms with Gasteiger partial charge in [0, 0.05) is 18.3 Å². The molecule has 0 spiro atoms. The van der Waals surface area contributed by atoms with Crippen molar-refractivity contribution in [2.24, 2.45) is 16.7 Å². The van der Waals surface area contributed by atoms with Crippen LogP contribution >= 0.6 is 0 Å². The van der Waals surface area contributed by atoms with Gasteiger partial charge in [-0.25, -0.2) is 0 Å². The van der Waals surface area contributed by atoms with Gasteiger partial charge in [-0.1, -0.05) is 33.3 Å². The number of carbonyl (C=O) groups is 1. The molecule has 3 fully saturated rings. The Morgan fingerprint density at radius 3 is 2.42 bits per heavy atom. The van der Waals surface area contributed by atoms with Crippen LogP contribution in [0.5, 0.6) is 0 Å². The number of rotatable bonds is 1. The van der Waals surface area contributed by atoms with E-state index in [1.807, 2.05) is 13.8 Å². The molecule has 0 aromatic rings. The fraction of sp³-hybridized carbons (Fsp3) is 0.850. The van der Waals surface area contributed by atoms with Gasteiger partial charge in [0.15, 0.2) is 11.4 Å². The van der Waals surface area contributed by atoms with Gasteiger partial charge in [0.1, 0.15) is 5.60 Å². The molecular weight excluding hydrogens is 304 g/mol. The zero-order chi connectivity index (χ0) is 18.2. The highest BCUT2D eigenvalue weighted by atomic mass is 16.5. The first-order valence-electron chi connectivity index (χ1n) is 9.13. The average molecular weight is 336 g/mol. The summed E-state index contributed by atoms with van der Waals surface area (Å²) in [4.78, 5) is 13.2. The van der Waals surface area contributed by atoms with Gasteiger partial charge >= 0.3 is 0 Å². The average Bonchev–Trinajstić information content (AvgIpc) is 2.41. The normalized spacial score (nSPS) is 53.9. The van der Waals surface area contributed by atoms with E-state index in [1.165, 1.54) is 0 Å². The van der Waals surface area contributed by atoms with Crippen LogP contribution in [0.15, 0.2) is 12.7 Å². The molecule has 6 unspecified atom stereocenters. The number of hydrogen-bond acceptors (Lipinski definition) is 4. The molecule has 0 radical (unpaired) electrons. The topological polar surface area (TPSA) is 66.8 Å². The van der Waals surface area contributed by atoms with Crippen LogP contribution in [0.2, 0.25) is 0 Å². The first kappa shape index (κ1) is 18.1. The third kappa shape index (κ3) is 1.99. The Kier molecular flexibility index (Phi) is 3.71.